The molecule has 1 aromatic carbocycles. The van der Waals surface area contributed by atoms with Crippen molar-refractivity contribution in [3.63, 3.8) is 0 Å². The van der Waals surface area contributed by atoms with E-state index in [1.807, 2.05) is 24.3 Å². The molecule has 3 N–H and O–H groups in total. The van der Waals surface area contributed by atoms with E-state index in [2.05, 4.69) is 24.5 Å². The Kier molecular flexibility index (Phi) is 6.69. The summed E-state index contributed by atoms with van der Waals surface area (Å²) in [5.74, 6) is 1.67. The topological polar surface area (TPSA) is 83.7 Å². The summed E-state index contributed by atoms with van der Waals surface area (Å²) in [4.78, 5) is 11.8. The average molecular weight is 332 g/mol. The van der Waals surface area contributed by atoms with Crippen molar-refractivity contribution in [1.82, 2.24) is 10.6 Å². The van der Waals surface area contributed by atoms with Gasteiger partial charge in [0.15, 0.2) is 0 Å². The van der Waals surface area contributed by atoms with Gasteiger partial charge in [0.25, 0.3) is 0 Å². The summed E-state index contributed by atoms with van der Waals surface area (Å²) in [7, 11) is 0. The van der Waals surface area contributed by atoms with Gasteiger partial charge in [-0.05, 0) is 35.7 Å². The van der Waals surface area contributed by atoms with Gasteiger partial charge in [0.2, 0.25) is 0 Å². The molecule has 1 aromatic heterocycles. The second-order valence-corrected chi connectivity index (χ2v) is 5.95. The third-order valence-electron chi connectivity index (χ3n) is 3.26. The third-order valence-corrected chi connectivity index (χ3v) is 3.26. The molecule has 2 rings (SSSR count). The predicted molar refractivity (Wildman–Crippen MR) is 90.7 cm³/mol. The lowest BCUT2D eigenvalue weighted by molar-refractivity contribution is 0.148. The molecule has 1 heterocycles. The lowest BCUT2D eigenvalue weighted by Gasteiger charge is -2.12. The number of benzene rings is 1. The van der Waals surface area contributed by atoms with Crippen LogP contribution < -0.4 is 15.4 Å². The largest absolute Gasteiger partial charge is 0.493 e. The number of aliphatic hydroxyl groups excluding tert-OH is 1. The first kappa shape index (κ1) is 17.9. The van der Waals surface area contributed by atoms with E-state index in [0.29, 0.717) is 24.8 Å². The Bertz CT molecular complexity index is 626. The van der Waals surface area contributed by atoms with Crippen LogP contribution in [-0.2, 0) is 6.54 Å². The average Bonchev–Trinajstić information content (AvgIpc) is 3.11. The van der Waals surface area contributed by atoms with E-state index in [-0.39, 0.29) is 12.6 Å². The molecule has 1 atom stereocenters. The lowest BCUT2D eigenvalue weighted by Crippen LogP contribution is -2.37. The maximum Gasteiger partial charge on any atom is 0.315 e. The highest BCUT2D eigenvalue weighted by Crippen LogP contribution is 2.14. The van der Waals surface area contributed by atoms with Gasteiger partial charge in [-0.2, -0.15) is 0 Å². The zero-order valence-corrected chi connectivity index (χ0v) is 14.0. The summed E-state index contributed by atoms with van der Waals surface area (Å²) in [6, 6.07) is 10.6. The molecule has 0 aliphatic rings. The summed E-state index contributed by atoms with van der Waals surface area (Å²) in [5.41, 5.74) is 0.943. The van der Waals surface area contributed by atoms with Gasteiger partial charge in [-0.15, -0.1) is 0 Å². The Hall–Kier alpha value is -2.47. The number of rotatable bonds is 8. The van der Waals surface area contributed by atoms with E-state index in [9.17, 15) is 9.90 Å². The van der Waals surface area contributed by atoms with Crippen LogP contribution in [0.25, 0.3) is 0 Å². The van der Waals surface area contributed by atoms with Gasteiger partial charge in [0.05, 0.1) is 19.4 Å². The van der Waals surface area contributed by atoms with Gasteiger partial charge in [0.1, 0.15) is 17.6 Å². The fourth-order valence-electron chi connectivity index (χ4n) is 2.02. The smallest absolute Gasteiger partial charge is 0.315 e. The van der Waals surface area contributed by atoms with Gasteiger partial charge in [-0.1, -0.05) is 26.0 Å². The molecule has 0 saturated carbocycles. The highest BCUT2D eigenvalue weighted by atomic mass is 16.5. The summed E-state index contributed by atoms with van der Waals surface area (Å²) in [6.45, 7) is 5.29. The molecule has 6 nitrogen and oxygen atoms in total. The molecule has 0 aliphatic heterocycles. The Morgan fingerprint density at radius 1 is 1.25 bits per heavy atom. The number of carbonyl (C=O) groups excluding carboxylic acids is 1. The van der Waals surface area contributed by atoms with Crippen LogP contribution in [0.3, 0.4) is 0 Å². The maximum absolute atomic E-state index is 11.8. The number of amides is 2. The van der Waals surface area contributed by atoms with E-state index in [1.165, 1.54) is 6.26 Å². The van der Waals surface area contributed by atoms with Gasteiger partial charge in [-0.25, -0.2) is 4.79 Å². The van der Waals surface area contributed by atoms with Crippen LogP contribution in [0.5, 0.6) is 5.75 Å². The summed E-state index contributed by atoms with van der Waals surface area (Å²) in [6.07, 6.45) is 0.617. The SMILES string of the molecule is CC(C)COc1cccc(CNC(=O)NCC(O)c2ccco2)c1. The first-order chi connectivity index (χ1) is 11.5. The molecule has 0 bridgehead atoms. The number of hydrogen-bond donors (Lipinski definition) is 3. The first-order valence-electron chi connectivity index (χ1n) is 7.99. The number of hydrogen-bond acceptors (Lipinski definition) is 4. The number of carbonyl (C=O) groups is 1. The van der Waals surface area contributed by atoms with Crippen molar-refractivity contribution < 1.29 is 19.1 Å². The molecule has 24 heavy (non-hydrogen) atoms. The van der Waals surface area contributed by atoms with E-state index >= 15 is 0 Å². The Balaban J connectivity index is 1.74. The minimum atomic E-state index is -0.862. The second kappa shape index (κ2) is 8.98. The van der Waals surface area contributed by atoms with Crippen LogP contribution in [0.2, 0.25) is 0 Å². The standard InChI is InChI=1S/C18H24N2O4/c1-13(2)12-24-15-6-3-5-14(9-15)10-19-18(22)20-11-16(21)17-7-4-8-23-17/h3-9,13,16,21H,10-12H2,1-2H3,(H2,19,20,22). The van der Waals surface area contributed by atoms with Gasteiger partial charge in [-0.3, -0.25) is 0 Å². The van der Waals surface area contributed by atoms with Crippen LogP contribution >= 0.6 is 0 Å². The molecular formula is C18H24N2O4. The van der Waals surface area contributed by atoms with Crippen molar-refractivity contribution in [2.75, 3.05) is 13.2 Å². The highest BCUT2D eigenvalue weighted by Gasteiger charge is 2.11. The number of furan rings is 1. The predicted octanol–water partition coefficient (Wildman–Crippen LogP) is 2.85. The highest BCUT2D eigenvalue weighted by molar-refractivity contribution is 5.73. The van der Waals surface area contributed by atoms with Crippen molar-refractivity contribution in [1.29, 1.82) is 0 Å². The van der Waals surface area contributed by atoms with E-state index in [0.717, 1.165) is 11.3 Å². The molecule has 1 unspecified atom stereocenters. The van der Waals surface area contributed by atoms with Gasteiger partial charge in [0, 0.05) is 6.54 Å². The molecule has 2 aromatic rings. The number of urea groups is 1. The van der Waals surface area contributed by atoms with Crippen molar-refractivity contribution in [2.45, 2.75) is 26.5 Å². The number of aliphatic hydroxyl groups is 1. The zero-order valence-electron chi connectivity index (χ0n) is 14.0. The zero-order chi connectivity index (χ0) is 17.4. The molecule has 0 spiro atoms. The minimum Gasteiger partial charge on any atom is -0.493 e. The quantitative estimate of drug-likeness (QED) is 0.694. The summed E-state index contributed by atoms with van der Waals surface area (Å²) >= 11 is 0. The number of ether oxygens (including phenoxy) is 1. The van der Waals surface area contributed by atoms with Crippen LogP contribution in [0.1, 0.15) is 31.3 Å². The van der Waals surface area contributed by atoms with Gasteiger partial charge < -0.3 is 24.9 Å². The summed E-state index contributed by atoms with van der Waals surface area (Å²) in [5, 5.41) is 15.2. The molecule has 0 aliphatic carbocycles. The Morgan fingerprint density at radius 2 is 2.08 bits per heavy atom. The first-order valence-corrected chi connectivity index (χ1v) is 7.99. The Morgan fingerprint density at radius 3 is 2.79 bits per heavy atom. The molecular weight excluding hydrogens is 308 g/mol. The molecule has 6 heteroatoms. The van der Waals surface area contributed by atoms with Crippen LogP contribution in [0.15, 0.2) is 47.1 Å². The molecule has 2 amide bonds. The van der Waals surface area contributed by atoms with Crippen molar-refractivity contribution in [2.24, 2.45) is 5.92 Å². The van der Waals surface area contributed by atoms with Crippen molar-refractivity contribution in [3.05, 3.63) is 54.0 Å². The number of nitrogens with one attached hydrogen (secondary N) is 2. The molecule has 0 fully saturated rings. The normalized spacial score (nSPS) is 12.0. The van der Waals surface area contributed by atoms with E-state index in [1.54, 1.807) is 12.1 Å². The van der Waals surface area contributed by atoms with E-state index < -0.39 is 6.10 Å². The fraction of sp³-hybridized carbons (Fsp3) is 0.389. The molecule has 130 valence electrons. The second-order valence-electron chi connectivity index (χ2n) is 5.95. The molecule has 0 saturated heterocycles. The minimum absolute atomic E-state index is 0.0802. The third kappa shape index (κ3) is 5.96. The van der Waals surface area contributed by atoms with E-state index in [4.69, 9.17) is 9.15 Å². The maximum atomic E-state index is 11.8. The Labute approximate surface area is 141 Å². The van der Waals surface area contributed by atoms with Crippen LogP contribution in [-0.4, -0.2) is 24.3 Å². The fourth-order valence-corrected chi connectivity index (χ4v) is 2.02. The molecule has 0 radical (unpaired) electrons. The van der Waals surface area contributed by atoms with Crippen LogP contribution in [0.4, 0.5) is 4.79 Å². The lowest BCUT2D eigenvalue weighted by atomic mass is 10.2. The van der Waals surface area contributed by atoms with Crippen molar-refractivity contribution in [3.8, 4) is 5.75 Å². The van der Waals surface area contributed by atoms with Gasteiger partial charge >= 0.3 is 6.03 Å². The monoisotopic (exact) mass is 332 g/mol. The summed E-state index contributed by atoms with van der Waals surface area (Å²) < 4.78 is 10.7. The van der Waals surface area contributed by atoms with Crippen LogP contribution in [0, 0.1) is 5.92 Å². The van der Waals surface area contributed by atoms with Crippen molar-refractivity contribution >= 4 is 6.03 Å².